The minimum atomic E-state index is 0.111. The van der Waals surface area contributed by atoms with Gasteiger partial charge in [-0.25, -0.2) is 0 Å². The minimum Gasteiger partial charge on any atom is -0.378 e. The predicted molar refractivity (Wildman–Crippen MR) is 86.6 cm³/mol. The molecule has 0 saturated carbocycles. The number of carbonyl (C=O) groups is 1. The van der Waals surface area contributed by atoms with Crippen LogP contribution in [0.5, 0.6) is 0 Å². The van der Waals surface area contributed by atoms with Crippen LogP contribution in [-0.2, 0) is 9.53 Å². The fourth-order valence-corrected chi connectivity index (χ4v) is 2.95. The second-order valence-corrected chi connectivity index (χ2v) is 6.16. The normalized spacial score (nSPS) is 20.1. The monoisotopic (exact) mass is 384 g/mol. The van der Waals surface area contributed by atoms with Crippen molar-refractivity contribution in [1.29, 1.82) is 0 Å². The molecule has 1 aromatic rings. The van der Waals surface area contributed by atoms with E-state index in [9.17, 15) is 4.79 Å². The van der Waals surface area contributed by atoms with Crippen molar-refractivity contribution in [3.8, 4) is 0 Å². The van der Waals surface area contributed by atoms with Crippen molar-refractivity contribution in [1.82, 2.24) is 4.90 Å². The summed E-state index contributed by atoms with van der Waals surface area (Å²) in [6, 6.07) is 8.11. The number of rotatable bonds is 2. The number of nitrogens with zero attached hydrogens (tertiary/aromatic N) is 2. The molecule has 0 atom stereocenters. The molecule has 20 heavy (non-hydrogen) atoms. The summed E-state index contributed by atoms with van der Waals surface area (Å²) in [4.78, 5) is 16.7. The maximum Gasteiger partial charge on any atom is 0.274 e. The number of morpholine rings is 1. The van der Waals surface area contributed by atoms with E-state index >= 15 is 0 Å². The van der Waals surface area contributed by atoms with E-state index in [-0.39, 0.29) is 5.91 Å². The number of carbonyl (C=O) groups excluding carboxylic acids is 1. The molecule has 0 aliphatic carbocycles. The SMILES string of the molecule is O=C1C(N2CCOCC2)=CCCN1c1ccc(I)cc1. The maximum atomic E-state index is 12.7. The average Bonchev–Trinajstić information content (AvgIpc) is 2.49. The lowest BCUT2D eigenvalue weighted by atomic mass is 10.1. The summed E-state index contributed by atoms with van der Waals surface area (Å²) in [5.74, 6) is 0.111. The molecule has 0 aromatic heterocycles. The van der Waals surface area contributed by atoms with E-state index in [4.69, 9.17) is 4.74 Å². The van der Waals surface area contributed by atoms with Gasteiger partial charge < -0.3 is 14.5 Å². The third kappa shape index (κ3) is 2.83. The smallest absolute Gasteiger partial charge is 0.274 e. The van der Waals surface area contributed by atoms with Crippen molar-refractivity contribution in [2.45, 2.75) is 6.42 Å². The van der Waals surface area contributed by atoms with Gasteiger partial charge in [-0.05, 0) is 53.3 Å². The van der Waals surface area contributed by atoms with E-state index in [2.05, 4.69) is 33.6 Å². The molecule has 0 N–H and O–H groups in total. The van der Waals surface area contributed by atoms with Gasteiger partial charge in [-0.15, -0.1) is 0 Å². The first-order valence-electron chi connectivity index (χ1n) is 6.86. The highest BCUT2D eigenvalue weighted by atomic mass is 127. The van der Waals surface area contributed by atoms with Crippen LogP contribution in [-0.4, -0.2) is 43.7 Å². The highest BCUT2D eigenvalue weighted by Crippen LogP contribution is 2.24. The van der Waals surface area contributed by atoms with Crippen LogP contribution in [0.2, 0.25) is 0 Å². The molecule has 1 amide bonds. The van der Waals surface area contributed by atoms with Crippen LogP contribution in [0.3, 0.4) is 0 Å². The van der Waals surface area contributed by atoms with Gasteiger partial charge >= 0.3 is 0 Å². The zero-order chi connectivity index (χ0) is 13.9. The Morgan fingerprint density at radius 2 is 1.75 bits per heavy atom. The van der Waals surface area contributed by atoms with E-state index in [0.717, 1.165) is 37.4 Å². The van der Waals surface area contributed by atoms with Gasteiger partial charge in [0.25, 0.3) is 5.91 Å². The summed E-state index contributed by atoms with van der Waals surface area (Å²) in [7, 11) is 0. The molecule has 3 rings (SSSR count). The van der Waals surface area contributed by atoms with Gasteiger partial charge in [-0.3, -0.25) is 4.79 Å². The Balaban J connectivity index is 1.80. The molecule has 0 unspecified atom stereocenters. The molecule has 0 radical (unpaired) electrons. The molecule has 0 bridgehead atoms. The largest absolute Gasteiger partial charge is 0.378 e. The minimum absolute atomic E-state index is 0.111. The van der Waals surface area contributed by atoms with E-state index in [1.54, 1.807) is 0 Å². The van der Waals surface area contributed by atoms with Gasteiger partial charge in [0.15, 0.2) is 0 Å². The van der Waals surface area contributed by atoms with E-state index in [0.29, 0.717) is 13.2 Å². The van der Waals surface area contributed by atoms with Gasteiger partial charge in [-0.1, -0.05) is 6.08 Å². The Morgan fingerprint density at radius 1 is 1.05 bits per heavy atom. The van der Waals surface area contributed by atoms with Gasteiger partial charge in [0.2, 0.25) is 0 Å². The topological polar surface area (TPSA) is 32.8 Å². The third-order valence-electron chi connectivity index (χ3n) is 3.64. The maximum absolute atomic E-state index is 12.7. The Labute approximate surface area is 132 Å². The third-order valence-corrected chi connectivity index (χ3v) is 4.36. The second-order valence-electron chi connectivity index (χ2n) is 4.91. The van der Waals surface area contributed by atoms with Crippen LogP contribution in [0, 0.1) is 3.57 Å². The number of hydrogen-bond donors (Lipinski definition) is 0. The second kappa shape index (κ2) is 6.13. The van der Waals surface area contributed by atoms with Crippen molar-refractivity contribution in [2.24, 2.45) is 0 Å². The molecule has 1 saturated heterocycles. The van der Waals surface area contributed by atoms with Crippen molar-refractivity contribution in [3.63, 3.8) is 0 Å². The van der Waals surface area contributed by atoms with E-state index in [1.165, 1.54) is 3.57 Å². The Morgan fingerprint density at radius 3 is 2.45 bits per heavy atom. The number of ether oxygens (including phenoxy) is 1. The summed E-state index contributed by atoms with van der Waals surface area (Å²) in [5.41, 5.74) is 1.81. The average molecular weight is 384 g/mol. The van der Waals surface area contributed by atoms with Gasteiger partial charge in [0.1, 0.15) is 0 Å². The zero-order valence-electron chi connectivity index (χ0n) is 11.2. The molecule has 2 heterocycles. The van der Waals surface area contributed by atoms with Crippen LogP contribution < -0.4 is 4.90 Å². The van der Waals surface area contributed by atoms with Crippen LogP contribution in [0.4, 0.5) is 5.69 Å². The van der Waals surface area contributed by atoms with Crippen LogP contribution in [0.1, 0.15) is 6.42 Å². The molecule has 1 fully saturated rings. The number of anilines is 1. The molecule has 5 heteroatoms. The van der Waals surface area contributed by atoms with Crippen LogP contribution in [0.15, 0.2) is 36.0 Å². The number of benzene rings is 1. The number of halogens is 1. The molecule has 2 aliphatic rings. The molecule has 2 aliphatic heterocycles. The molecule has 1 aromatic carbocycles. The lowest BCUT2D eigenvalue weighted by molar-refractivity contribution is -0.117. The highest BCUT2D eigenvalue weighted by Gasteiger charge is 2.27. The first kappa shape index (κ1) is 13.9. The van der Waals surface area contributed by atoms with Gasteiger partial charge in [0, 0.05) is 28.9 Å². The number of amides is 1. The van der Waals surface area contributed by atoms with Crippen molar-refractivity contribution in [3.05, 3.63) is 39.6 Å². The van der Waals surface area contributed by atoms with Crippen molar-refractivity contribution < 1.29 is 9.53 Å². The number of hydrogen-bond acceptors (Lipinski definition) is 3. The Kier molecular flexibility index (Phi) is 4.26. The van der Waals surface area contributed by atoms with Crippen LogP contribution in [0.25, 0.3) is 0 Å². The summed E-state index contributed by atoms with van der Waals surface area (Å²) in [6.07, 6.45) is 2.97. The molecule has 4 nitrogen and oxygen atoms in total. The zero-order valence-corrected chi connectivity index (χ0v) is 13.4. The fraction of sp³-hybridized carbons (Fsp3) is 0.400. The van der Waals surface area contributed by atoms with E-state index < -0.39 is 0 Å². The first-order chi connectivity index (χ1) is 9.75. The molecular formula is C15H17IN2O2. The lowest BCUT2D eigenvalue weighted by Crippen LogP contribution is -2.45. The van der Waals surface area contributed by atoms with Crippen molar-refractivity contribution in [2.75, 3.05) is 37.7 Å². The standard InChI is InChI=1S/C15H17IN2O2/c16-12-3-5-13(6-4-12)18-7-1-2-14(15(18)19)17-8-10-20-11-9-17/h2-6H,1,7-11H2. The van der Waals surface area contributed by atoms with Gasteiger partial charge in [-0.2, -0.15) is 0 Å². The molecule has 0 spiro atoms. The summed E-state index contributed by atoms with van der Waals surface area (Å²) >= 11 is 2.27. The highest BCUT2D eigenvalue weighted by molar-refractivity contribution is 14.1. The lowest BCUT2D eigenvalue weighted by Gasteiger charge is -2.35. The Bertz CT molecular complexity index is 521. The quantitative estimate of drug-likeness (QED) is 0.734. The molecule has 106 valence electrons. The van der Waals surface area contributed by atoms with E-state index in [1.807, 2.05) is 29.2 Å². The molecular weight excluding hydrogens is 367 g/mol. The summed E-state index contributed by atoms with van der Waals surface area (Å²) in [5, 5.41) is 0. The van der Waals surface area contributed by atoms with Crippen LogP contribution >= 0.6 is 22.6 Å². The summed E-state index contributed by atoms with van der Waals surface area (Å²) < 4.78 is 6.54. The predicted octanol–water partition coefficient (Wildman–Crippen LogP) is 2.24. The Hall–Kier alpha value is -1.08. The summed E-state index contributed by atoms with van der Waals surface area (Å²) in [6.45, 7) is 3.77. The van der Waals surface area contributed by atoms with Crippen molar-refractivity contribution >= 4 is 34.2 Å². The first-order valence-corrected chi connectivity index (χ1v) is 7.94. The van der Waals surface area contributed by atoms with Gasteiger partial charge in [0.05, 0.1) is 18.9 Å². The fourth-order valence-electron chi connectivity index (χ4n) is 2.59.